The summed E-state index contributed by atoms with van der Waals surface area (Å²) in [6.07, 6.45) is 0.334. The van der Waals surface area contributed by atoms with E-state index in [1.807, 2.05) is 0 Å². The molecule has 1 atom stereocenters. The van der Waals surface area contributed by atoms with Gasteiger partial charge >= 0.3 is 0 Å². The fraction of sp³-hybridized carbons (Fsp3) is 0.348. The van der Waals surface area contributed by atoms with Gasteiger partial charge in [-0.1, -0.05) is 6.07 Å². The van der Waals surface area contributed by atoms with E-state index in [9.17, 15) is 27.2 Å². The van der Waals surface area contributed by atoms with Crippen LogP contribution in [0.15, 0.2) is 41.3 Å². The number of benzene rings is 2. The Morgan fingerprint density at radius 2 is 1.71 bits per heavy atom. The molecule has 0 bridgehead atoms. The minimum absolute atomic E-state index is 0.0801. The van der Waals surface area contributed by atoms with Crippen LogP contribution in [0.25, 0.3) is 0 Å². The van der Waals surface area contributed by atoms with Crippen LogP contribution in [0.4, 0.5) is 14.5 Å². The average molecular weight is 505 g/mol. The number of carbonyl (C=O) groups excluding carboxylic acids is 3. The van der Waals surface area contributed by atoms with Crippen LogP contribution in [0, 0.1) is 11.6 Å². The SMILES string of the molecule is O=C1CCC(N2Cc3cc(N4CCN(S(=O)(=O)c5cccc(F)c5)CC4)c(F)cc3C2=O)C(=O)N1. The number of piperazine rings is 1. The van der Waals surface area contributed by atoms with Crippen molar-refractivity contribution in [3.05, 3.63) is 59.2 Å². The van der Waals surface area contributed by atoms with E-state index in [1.54, 1.807) is 11.0 Å². The van der Waals surface area contributed by atoms with Gasteiger partial charge in [-0.15, -0.1) is 0 Å². The van der Waals surface area contributed by atoms with Crippen LogP contribution in [0.1, 0.15) is 28.8 Å². The van der Waals surface area contributed by atoms with E-state index in [-0.39, 0.29) is 67.6 Å². The summed E-state index contributed by atoms with van der Waals surface area (Å²) in [5.74, 6) is -2.67. The third-order valence-corrected chi connectivity index (χ3v) is 8.50. The lowest BCUT2D eigenvalue weighted by Crippen LogP contribution is -2.52. The third kappa shape index (κ3) is 4.16. The number of piperidine rings is 1. The molecule has 0 spiro atoms. The molecule has 5 rings (SSSR count). The number of rotatable bonds is 4. The number of sulfonamides is 1. The fourth-order valence-corrected chi connectivity index (χ4v) is 6.22. The van der Waals surface area contributed by atoms with Gasteiger partial charge in [0.25, 0.3) is 5.91 Å². The zero-order valence-corrected chi connectivity index (χ0v) is 19.4. The van der Waals surface area contributed by atoms with Gasteiger partial charge in [0.15, 0.2) is 0 Å². The van der Waals surface area contributed by atoms with Crippen molar-refractivity contribution < 1.29 is 31.6 Å². The van der Waals surface area contributed by atoms with E-state index in [0.717, 1.165) is 12.1 Å². The number of hydrogen-bond donors (Lipinski definition) is 1. The van der Waals surface area contributed by atoms with Crippen LogP contribution in [0.3, 0.4) is 0 Å². The summed E-state index contributed by atoms with van der Waals surface area (Å²) in [6, 6.07) is 6.71. The predicted molar refractivity (Wildman–Crippen MR) is 120 cm³/mol. The molecule has 1 unspecified atom stereocenters. The van der Waals surface area contributed by atoms with Crippen molar-refractivity contribution in [2.24, 2.45) is 0 Å². The number of halogens is 2. The van der Waals surface area contributed by atoms with E-state index < -0.39 is 39.5 Å². The van der Waals surface area contributed by atoms with Crippen LogP contribution >= 0.6 is 0 Å². The van der Waals surface area contributed by atoms with Crippen LogP contribution in [-0.4, -0.2) is 67.6 Å². The van der Waals surface area contributed by atoms with Gasteiger partial charge in [0.2, 0.25) is 21.8 Å². The van der Waals surface area contributed by atoms with E-state index in [4.69, 9.17) is 0 Å². The maximum atomic E-state index is 15.0. The molecule has 9 nitrogen and oxygen atoms in total. The van der Waals surface area contributed by atoms with E-state index in [2.05, 4.69) is 5.32 Å². The molecule has 1 N–H and O–H groups in total. The second kappa shape index (κ2) is 8.68. The molecule has 3 amide bonds. The minimum Gasteiger partial charge on any atom is -0.367 e. The first-order valence-corrected chi connectivity index (χ1v) is 12.6. The summed E-state index contributed by atoms with van der Waals surface area (Å²) in [6.45, 7) is 0.680. The van der Waals surface area contributed by atoms with Crippen LogP contribution in [0.5, 0.6) is 0 Å². The highest BCUT2D eigenvalue weighted by molar-refractivity contribution is 7.89. The number of anilines is 1. The average Bonchev–Trinajstić information content (AvgIpc) is 3.14. The zero-order chi connectivity index (χ0) is 24.9. The highest BCUT2D eigenvalue weighted by Gasteiger charge is 2.40. The Bertz CT molecular complexity index is 1340. The number of hydrogen-bond acceptors (Lipinski definition) is 6. The lowest BCUT2D eigenvalue weighted by Gasteiger charge is -2.35. The number of imide groups is 1. The zero-order valence-electron chi connectivity index (χ0n) is 18.5. The van der Waals surface area contributed by atoms with Crippen LogP contribution in [-0.2, 0) is 26.2 Å². The summed E-state index contributed by atoms with van der Waals surface area (Å²) in [4.78, 5) is 39.4. The molecule has 3 heterocycles. The molecule has 2 aromatic rings. The maximum Gasteiger partial charge on any atom is 0.255 e. The number of amides is 3. The molecule has 2 aromatic carbocycles. The number of nitrogens with one attached hydrogen (secondary N) is 1. The molecule has 0 radical (unpaired) electrons. The second-order valence-electron chi connectivity index (χ2n) is 8.71. The van der Waals surface area contributed by atoms with Gasteiger partial charge in [0, 0.05) is 44.7 Å². The third-order valence-electron chi connectivity index (χ3n) is 6.60. The van der Waals surface area contributed by atoms with E-state index in [0.29, 0.717) is 5.56 Å². The summed E-state index contributed by atoms with van der Waals surface area (Å²) >= 11 is 0. The summed E-state index contributed by atoms with van der Waals surface area (Å²) in [5.41, 5.74) is 0.971. The van der Waals surface area contributed by atoms with Gasteiger partial charge in [-0.3, -0.25) is 19.7 Å². The first-order valence-electron chi connectivity index (χ1n) is 11.1. The molecule has 35 heavy (non-hydrogen) atoms. The topological polar surface area (TPSA) is 107 Å². The van der Waals surface area contributed by atoms with Crippen LogP contribution < -0.4 is 10.2 Å². The van der Waals surface area contributed by atoms with Crippen molar-refractivity contribution in [1.82, 2.24) is 14.5 Å². The molecule has 3 aliphatic heterocycles. The highest BCUT2D eigenvalue weighted by Crippen LogP contribution is 2.33. The van der Waals surface area contributed by atoms with Crippen LogP contribution in [0.2, 0.25) is 0 Å². The van der Waals surface area contributed by atoms with Crippen molar-refractivity contribution in [3.8, 4) is 0 Å². The smallest absolute Gasteiger partial charge is 0.255 e. The van der Waals surface area contributed by atoms with Crippen molar-refractivity contribution >= 4 is 33.4 Å². The molecule has 3 aliphatic rings. The van der Waals surface area contributed by atoms with E-state index in [1.165, 1.54) is 27.4 Å². The highest BCUT2D eigenvalue weighted by atomic mass is 32.2. The summed E-state index contributed by atoms with van der Waals surface area (Å²) in [5, 5.41) is 2.23. The van der Waals surface area contributed by atoms with Gasteiger partial charge in [-0.05, 0) is 42.3 Å². The van der Waals surface area contributed by atoms with Gasteiger partial charge in [-0.25, -0.2) is 17.2 Å². The lowest BCUT2D eigenvalue weighted by molar-refractivity contribution is -0.136. The Balaban J connectivity index is 1.31. The van der Waals surface area contributed by atoms with E-state index >= 15 is 4.39 Å². The predicted octanol–water partition coefficient (Wildman–Crippen LogP) is 1.24. The molecule has 0 aliphatic carbocycles. The van der Waals surface area contributed by atoms with Gasteiger partial charge < -0.3 is 9.80 Å². The Kier molecular flexibility index (Phi) is 5.80. The number of carbonyl (C=O) groups is 3. The first kappa shape index (κ1) is 23.4. The lowest BCUT2D eigenvalue weighted by atomic mass is 10.0. The van der Waals surface area contributed by atoms with Crippen molar-refractivity contribution in [1.29, 1.82) is 0 Å². The number of fused-ring (bicyclic) bond motifs is 1. The Morgan fingerprint density at radius 1 is 0.971 bits per heavy atom. The van der Waals surface area contributed by atoms with Gasteiger partial charge in [0.1, 0.15) is 17.7 Å². The van der Waals surface area contributed by atoms with Gasteiger partial charge in [0.05, 0.1) is 10.6 Å². The molecule has 0 aromatic heterocycles. The fourth-order valence-electron chi connectivity index (χ4n) is 4.76. The monoisotopic (exact) mass is 504 g/mol. The molecule has 2 saturated heterocycles. The molecule has 2 fully saturated rings. The maximum absolute atomic E-state index is 15.0. The minimum atomic E-state index is -3.89. The Morgan fingerprint density at radius 3 is 2.40 bits per heavy atom. The second-order valence-corrected chi connectivity index (χ2v) is 10.6. The van der Waals surface area contributed by atoms with Gasteiger partial charge in [-0.2, -0.15) is 4.31 Å². The normalized spacial score (nSPS) is 21.3. The van der Waals surface area contributed by atoms with Crippen molar-refractivity contribution in [2.75, 3.05) is 31.1 Å². The Hall–Kier alpha value is -3.38. The quantitative estimate of drug-likeness (QED) is 0.628. The molecule has 184 valence electrons. The molecule has 0 saturated carbocycles. The van der Waals surface area contributed by atoms with Crippen molar-refractivity contribution in [2.45, 2.75) is 30.3 Å². The molecular weight excluding hydrogens is 482 g/mol. The largest absolute Gasteiger partial charge is 0.367 e. The first-order chi connectivity index (χ1) is 16.6. The Labute approximate surface area is 200 Å². The standard InChI is InChI=1S/C23H22F2N4O5S/c24-15-2-1-3-16(11-15)35(33,34)28-8-6-27(7-9-28)20-10-14-13-29(23(32)17(14)12-18(20)25)19-4-5-21(30)26-22(19)31/h1-3,10-12,19H,4-9,13H2,(H,26,30,31). The molecular formula is C23H22F2N4O5S. The molecule has 12 heteroatoms. The summed E-state index contributed by atoms with van der Waals surface area (Å²) < 4.78 is 55.5. The van der Waals surface area contributed by atoms with Crippen molar-refractivity contribution in [3.63, 3.8) is 0 Å². The summed E-state index contributed by atoms with van der Waals surface area (Å²) in [7, 11) is -3.89. The number of nitrogens with zero attached hydrogens (tertiary/aromatic N) is 3.